The molecule has 0 bridgehead atoms. The second kappa shape index (κ2) is 13.9. The third-order valence-corrected chi connectivity index (χ3v) is 4.90. The van der Waals surface area contributed by atoms with Gasteiger partial charge in [-0.3, -0.25) is 30.2 Å². The smallest absolute Gasteiger partial charge is 0.271 e. The third-order valence-electron chi connectivity index (χ3n) is 4.90. The maximum atomic E-state index is 10.6. The topological polar surface area (TPSA) is 192 Å². The van der Waals surface area contributed by atoms with Crippen molar-refractivity contribution in [3.63, 3.8) is 0 Å². The Bertz CT molecular complexity index is 1430. The summed E-state index contributed by atoms with van der Waals surface area (Å²) >= 11 is 0. The number of para-hydroxylation sites is 2. The van der Waals surface area contributed by atoms with E-state index in [4.69, 9.17) is 0 Å². The van der Waals surface area contributed by atoms with Crippen molar-refractivity contribution in [2.75, 3.05) is 0 Å². The molecule has 0 aliphatic rings. The van der Waals surface area contributed by atoms with Crippen LogP contribution in [0.2, 0.25) is 0 Å². The number of aliphatic imine (C=N–C) groups is 2. The van der Waals surface area contributed by atoms with Crippen LogP contribution in [0, 0.1) is 20.2 Å². The van der Waals surface area contributed by atoms with E-state index in [0.717, 1.165) is 12.1 Å². The molecule has 4 aromatic carbocycles. The van der Waals surface area contributed by atoms with Crippen LogP contribution < -0.4 is 0 Å². The summed E-state index contributed by atoms with van der Waals surface area (Å²) in [6.45, 7) is 0. The van der Waals surface area contributed by atoms with E-state index in [9.17, 15) is 40.7 Å². The van der Waals surface area contributed by atoms with Crippen LogP contribution in [0.5, 0.6) is 23.0 Å². The maximum Gasteiger partial charge on any atom is 0.271 e. The standard InChI is InChI=1S/2C13H10N2O4.Mn/c2*16-12-4-2-1-3-9(12)8-14-11-7-10(15(18)19)5-6-13(11)17;/h2*1-8,16-17H;. The fourth-order valence-corrected chi connectivity index (χ4v) is 2.93. The van der Waals surface area contributed by atoms with Gasteiger partial charge in [-0.25, -0.2) is 0 Å². The largest absolute Gasteiger partial charge is 0.507 e. The molecule has 0 aromatic heterocycles. The number of non-ortho nitro benzene ring substituents is 2. The molecule has 12 nitrogen and oxygen atoms in total. The minimum atomic E-state index is -0.571. The van der Waals surface area contributed by atoms with Gasteiger partial charge in [-0.2, -0.15) is 0 Å². The maximum absolute atomic E-state index is 10.6. The van der Waals surface area contributed by atoms with Gasteiger partial charge in [-0.1, -0.05) is 24.3 Å². The molecule has 0 fully saturated rings. The van der Waals surface area contributed by atoms with Crippen molar-refractivity contribution in [1.82, 2.24) is 0 Å². The van der Waals surface area contributed by atoms with Crippen LogP contribution in [0.25, 0.3) is 0 Å². The second-order valence-electron chi connectivity index (χ2n) is 7.49. The Morgan fingerprint density at radius 1 is 0.564 bits per heavy atom. The van der Waals surface area contributed by atoms with Gasteiger partial charge in [0.25, 0.3) is 11.4 Å². The van der Waals surface area contributed by atoms with Crippen molar-refractivity contribution in [2.45, 2.75) is 0 Å². The molecule has 0 aliphatic heterocycles. The van der Waals surface area contributed by atoms with Crippen molar-refractivity contribution in [1.29, 1.82) is 0 Å². The molecule has 13 heteroatoms. The number of hydrogen-bond donors (Lipinski definition) is 4. The number of benzene rings is 4. The van der Waals surface area contributed by atoms with Crippen LogP contribution in [0.4, 0.5) is 22.7 Å². The van der Waals surface area contributed by atoms with Gasteiger partial charge < -0.3 is 20.4 Å². The van der Waals surface area contributed by atoms with Crippen molar-refractivity contribution >= 4 is 35.2 Å². The molecule has 0 saturated heterocycles. The van der Waals surface area contributed by atoms with Crippen LogP contribution in [-0.2, 0) is 17.1 Å². The predicted octanol–water partition coefficient (Wildman–Crippen LogP) is 5.51. The van der Waals surface area contributed by atoms with E-state index in [0.29, 0.717) is 11.1 Å². The SMILES string of the molecule is O=[N+]([O-])c1ccc(O)c(N=Cc2ccccc2O)c1.O=[N+]([O-])c1ccc(O)c(N=Cc2ccccc2O)c1.[Mn]. The summed E-state index contributed by atoms with van der Waals surface area (Å²) in [5.74, 6) is -0.262. The first-order valence-electron chi connectivity index (χ1n) is 10.7. The average molecular weight is 571 g/mol. The van der Waals surface area contributed by atoms with Crippen molar-refractivity contribution in [3.05, 3.63) is 116 Å². The number of phenols is 4. The zero-order valence-corrected chi connectivity index (χ0v) is 21.0. The Kier molecular flexibility index (Phi) is 10.7. The fourth-order valence-electron chi connectivity index (χ4n) is 2.93. The number of nitro groups is 2. The normalized spacial score (nSPS) is 10.5. The van der Waals surface area contributed by atoms with E-state index in [2.05, 4.69) is 9.98 Å². The number of nitrogens with zero attached hydrogens (tertiary/aromatic N) is 4. The van der Waals surface area contributed by atoms with E-state index in [-0.39, 0.29) is 62.8 Å². The number of rotatable bonds is 6. The number of hydrogen-bond acceptors (Lipinski definition) is 10. The van der Waals surface area contributed by atoms with Crippen LogP contribution in [0.1, 0.15) is 11.1 Å². The Hall–Kier alpha value is -5.26. The summed E-state index contributed by atoms with van der Waals surface area (Å²) in [7, 11) is 0. The van der Waals surface area contributed by atoms with Crippen LogP contribution >= 0.6 is 0 Å². The molecule has 0 saturated carbocycles. The fraction of sp³-hybridized carbons (Fsp3) is 0. The van der Waals surface area contributed by atoms with Crippen molar-refractivity contribution < 1.29 is 47.3 Å². The summed E-state index contributed by atoms with van der Waals surface area (Å²) in [6.07, 6.45) is 2.65. The first kappa shape index (κ1) is 30.0. The second-order valence-corrected chi connectivity index (χ2v) is 7.49. The first-order chi connectivity index (χ1) is 18.2. The Balaban J connectivity index is 0.000000267. The van der Waals surface area contributed by atoms with Gasteiger partial charge in [-0.05, 0) is 36.4 Å². The van der Waals surface area contributed by atoms with E-state index in [1.807, 2.05) is 0 Å². The summed E-state index contributed by atoms with van der Waals surface area (Å²) in [5, 5.41) is 59.5. The monoisotopic (exact) mass is 571 g/mol. The molecule has 4 N–H and O–H groups in total. The van der Waals surface area contributed by atoms with E-state index >= 15 is 0 Å². The van der Waals surface area contributed by atoms with Gasteiger partial charge in [0.05, 0.1) is 9.85 Å². The quantitative estimate of drug-likeness (QED) is 0.101. The van der Waals surface area contributed by atoms with E-state index < -0.39 is 9.85 Å². The molecular formula is C26H20MnN4O8. The van der Waals surface area contributed by atoms with Gasteiger partial charge in [0.2, 0.25) is 0 Å². The molecule has 1 radical (unpaired) electrons. The third kappa shape index (κ3) is 8.39. The van der Waals surface area contributed by atoms with Crippen molar-refractivity contribution in [3.8, 4) is 23.0 Å². The summed E-state index contributed by atoms with van der Waals surface area (Å²) in [6, 6.07) is 20.1. The van der Waals surface area contributed by atoms with Gasteiger partial charge in [0, 0.05) is 64.9 Å². The number of nitro benzene ring substituents is 2. The van der Waals surface area contributed by atoms with Crippen molar-refractivity contribution in [2.24, 2.45) is 9.98 Å². The number of aromatic hydroxyl groups is 4. The molecule has 39 heavy (non-hydrogen) atoms. The van der Waals surface area contributed by atoms with Crippen LogP contribution in [0.15, 0.2) is 94.9 Å². The molecule has 4 rings (SSSR count). The predicted molar refractivity (Wildman–Crippen MR) is 140 cm³/mol. The molecule has 0 aliphatic carbocycles. The van der Waals surface area contributed by atoms with E-state index in [1.165, 1.54) is 48.8 Å². The average Bonchev–Trinajstić information content (AvgIpc) is 2.89. The van der Waals surface area contributed by atoms with E-state index in [1.54, 1.807) is 36.4 Å². The molecule has 0 spiro atoms. The van der Waals surface area contributed by atoms with Gasteiger partial charge in [0.1, 0.15) is 34.4 Å². The molecular weight excluding hydrogens is 551 g/mol. The Labute approximate surface area is 231 Å². The molecule has 199 valence electrons. The summed E-state index contributed by atoms with van der Waals surface area (Å²) in [5.41, 5.74) is 0.709. The molecule has 4 aromatic rings. The van der Waals surface area contributed by atoms with Gasteiger partial charge in [-0.15, -0.1) is 0 Å². The zero-order chi connectivity index (χ0) is 27.7. The molecule has 0 amide bonds. The van der Waals surface area contributed by atoms with Gasteiger partial charge in [0.15, 0.2) is 0 Å². The Morgan fingerprint density at radius 2 is 0.923 bits per heavy atom. The summed E-state index contributed by atoms with van der Waals surface area (Å²) in [4.78, 5) is 28.0. The van der Waals surface area contributed by atoms with Crippen LogP contribution in [-0.4, -0.2) is 42.7 Å². The Morgan fingerprint density at radius 3 is 1.26 bits per heavy atom. The molecule has 0 unspecified atom stereocenters. The van der Waals surface area contributed by atoms with Gasteiger partial charge >= 0.3 is 0 Å². The molecule has 0 heterocycles. The minimum Gasteiger partial charge on any atom is -0.507 e. The summed E-state index contributed by atoms with van der Waals surface area (Å²) < 4.78 is 0. The first-order valence-corrected chi connectivity index (χ1v) is 10.7. The van der Waals surface area contributed by atoms with Crippen LogP contribution in [0.3, 0.4) is 0 Å². The minimum absolute atomic E-state index is 0. The number of phenolic OH excluding ortho intramolecular Hbond substituents is 4. The zero-order valence-electron chi connectivity index (χ0n) is 19.8. The molecule has 0 atom stereocenters.